The monoisotopic (exact) mass is 392 g/mol. The Labute approximate surface area is 168 Å². The zero-order chi connectivity index (χ0) is 19.3. The summed E-state index contributed by atoms with van der Waals surface area (Å²) < 4.78 is 7.56. The zero-order valence-electron chi connectivity index (χ0n) is 15.2. The van der Waals surface area contributed by atoms with Gasteiger partial charge in [-0.25, -0.2) is 0 Å². The number of benzene rings is 2. The topological polar surface area (TPSA) is 81.0 Å². The average molecular weight is 392 g/mol. The highest BCUT2D eigenvalue weighted by Gasteiger charge is 2.21. The number of azo groups is 1. The summed E-state index contributed by atoms with van der Waals surface area (Å²) in [4.78, 5) is 6.75. The molecule has 3 aromatic rings. The Balaban J connectivity index is 1.86. The number of ether oxygens (including phenoxy) is 1. The molecule has 2 aromatic carbocycles. The molecule has 2 heterocycles. The molecule has 0 spiro atoms. The van der Waals surface area contributed by atoms with E-state index in [4.69, 9.17) is 22.7 Å². The Kier molecular flexibility index (Phi) is 5.41. The third-order valence-corrected chi connectivity index (χ3v) is 4.71. The van der Waals surface area contributed by atoms with Gasteiger partial charge in [-0.2, -0.15) is 10.1 Å². The van der Waals surface area contributed by atoms with Crippen molar-refractivity contribution in [3.63, 3.8) is 0 Å². The van der Waals surface area contributed by atoms with Crippen LogP contribution in [0.4, 0.5) is 23.0 Å². The number of para-hydroxylation sites is 1. The van der Waals surface area contributed by atoms with Gasteiger partial charge < -0.3 is 15.4 Å². The Morgan fingerprint density at radius 2 is 1.57 bits per heavy atom. The summed E-state index contributed by atoms with van der Waals surface area (Å²) in [6.45, 7) is 2.64. The van der Waals surface area contributed by atoms with Crippen molar-refractivity contribution in [2.45, 2.75) is 0 Å². The molecule has 1 aliphatic rings. The van der Waals surface area contributed by atoms with Crippen molar-refractivity contribution in [3.8, 4) is 5.69 Å². The van der Waals surface area contributed by atoms with E-state index < -0.39 is 0 Å². The molecule has 1 aliphatic heterocycles. The van der Waals surface area contributed by atoms with E-state index in [1.807, 2.05) is 60.7 Å². The molecular weight excluding hydrogens is 372 g/mol. The highest BCUT2D eigenvalue weighted by atomic mass is 32.1. The van der Waals surface area contributed by atoms with Crippen molar-refractivity contribution in [2.24, 2.45) is 10.2 Å². The van der Waals surface area contributed by atoms with Gasteiger partial charge in [0.15, 0.2) is 11.5 Å². The lowest BCUT2D eigenvalue weighted by Gasteiger charge is -2.29. The minimum absolute atomic E-state index is 0.379. The number of nitrogens with zero attached hydrogens (tertiary/aromatic N) is 5. The van der Waals surface area contributed by atoms with Crippen molar-refractivity contribution >= 4 is 35.2 Å². The highest BCUT2D eigenvalue weighted by molar-refractivity contribution is 7.71. The molecule has 0 saturated carbocycles. The quantitative estimate of drug-likeness (QED) is 0.524. The summed E-state index contributed by atoms with van der Waals surface area (Å²) in [5.74, 6) is 1.05. The molecule has 8 heteroatoms. The predicted octanol–water partition coefficient (Wildman–Crippen LogP) is 4.44. The summed E-state index contributed by atoms with van der Waals surface area (Å²) in [6.07, 6.45) is 0. The van der Waals surface area contributed by atoms with E-state index in [-0.39, 0.29) is 0 Å². The smallest absolute Gasteiger partial charge is 0.207 e. The lowest BCUT2D eigenvalue weighted by atomic mass is 10.3. The van der Waals surface area contributed by atoms with Gasteiger partial charge in [0.05, 0.1) is 18.9 Å². The number of aromatic nitrogens is 2. The van der Waals surface area contributed by atoms with Crippen LogP contribution in [0, 0.1) is 4.77 Å². The molecule has 1 saturated heterocycles. The summed E-state index contributed by atoms with van der Waals surface area (Å²) in [5.41, 5.74) is 8.61. The maximum absolute atomic E-state index is 6.53. The lowest BCUT2D eigenvalue weighted by Crippen LogP contribution is -2.37. The first-order valence-corrected chi connectivity index (χ1v) is 9.42. The number of hydrogen-bond acceptors (Lipinski definition) is 7. The number of nitrogen functional groups attached to an aromatic ring is 1. The van der Waals surface area contributed by atoms with E-state index in [9.17, 15) is 0 Å². The van der Waals surface area contributed by atoms with Crippen LogP contribution in [0.1, 0.15) is 0 Å². The number of anilines is 2. The molecule has 0 amide bonds. The molecule has 7 nitrogen and oxygen atoms in total. The Morgan fingerprint density at radius 1 is 0.929 bits per heavy atom. The average Bonchev–Trinajstić information content (AvgIpc) is 2.75. The first-order chi connectivity index (χ1) is 13.7. The molecule has 0 aliphatic carbocycles. The molecular formula is C20H20N6OS. The minimum atomic E-state index is 0.379. The first kappa shape index (κ1) is 18.3. The van der Waals surface area contributed by atoms with E-state index in [1.165, 1.54) is 0 Å². The molecule has 0 bridgehead atoms. The molecule has 28 heavy (non-hydrogen) atoms. The largest absolute Gasteiger partial charge is 0.383 e. The number of hydrogen-bond donors (Lipinski definition) is 1. The zero-order valence-corrected chi connectivity index (χ0v) is 16.0. The van der Waals surface area contributed by atoms with Crippen LogP contribution in [-0.2, 0) is 4.74 Å². The summed E-state index contributed by atoms with van der Waals surface area (Å²) in [6, 6.07) is 19.2. The molecule has 142 valence electrons. The van der Waals surface area contributed by atoms with Gasteiger partial charge in [0.25, 0.3) is 0 Å². The fourth-order valence-corrected chi connectivity index (χ4v) is 3.33. The molecule has 2 N–H and O–H groups in total. The van der Waals surface area contributed by atoms with Crippen LogP contribution in [0.25, 0.3) is 5.69 Å². The van der Waals surface area contributed by atoms with Crippen LogP contribution in [0.15, 0.2) is 70.9 Å². The molecule has 0 radical (unpaired) electrons. The van der Waals surface area contributed by atoms with E-state index >= 15 is 0 Å². The van der Waals surface area contributed by atoms with Crippen LogP contribution in [0.5, 0.6) is 0 Å². The van der Waals surface area contributed by atoms with Crippen molar-refractivity contribution in [3.05, 3.63) is 65.4 Å². The standard InChI is InChI=1S/C20H20N6OS/c21-18-17(24-23-15-7-3-1-4-8-15)19(25-11-13-27-14-12-25)22-20(28)26(18)16-9-5-2-6-10-16/h1-10H,11-14,21H2. The summed E-state index contributed by atoms with van der Waals surface area (Å²) in [5, 5.41) is 8.82. The number of morpholine rings is 1. The number of nitrogens with two attached hydrogens (primary N) is 1. The van der Waals surface area contributed by atoms with E-state index in [1.54, 1.807) is 4.57 Å². The van der Waals surface area contributed by atoms with Gasteiger partial charge in [-0.1, -0.05) is 36.4 Å². The Morgan fingerprint density at radius 3 is 2.25 bits per heavy atom. The van der Waals surface area contributed by atoms with Crippen LogP contribution in [-0.4, -0.2) is 35.9 Å². The second kappa shape index (κ2) is 8.28. The van der Waals surface area contributed by atoms with Gasteiger partial charge in [0, 0.05) is 18.8 Å². The first-order valence-electron chi connectivity index (χ1n) is 9.01. The predicted molar refractivity (Wildman–Crippen MR) is 112 cm³/mol. The maximum Gasteiger partial charge on any atom is 0.207 e. The van der Waals surface area contributed by atoms with Gasteiger partial charge in [0.1, 0.15) is 5.82 Å². The lowest BCUT2D eigenvalue weighted by molar-refractivity contribution is 0.122. The van der Waals surface area contributed by atoms with E-state index in [0.717, 1.165) is 11.4 Å². The van der Waals surface area contributed by atoms with E-state index in [2.05, 4.69) is 20.1 Å². The molecule has 0 unspecified atom stereocenters. The second-order valence-electron chi connectivity index (χ2n) is 6.26. The fraction of sp³-hybridized carbons (Fsp3) is 0.200. The van der Waals surface area contributed by atoms with Gasteiger partial charge in [0.2, 0.25) is 4.77 Å². The highest BCUT2D eigenvalue weighted by Crippen LogP contribution is 2.36. The summed E-state index contributed by atoms with van der Waals surface area (Å²) in [7, 11) is 0. The molecule has 1 aromatic heterocycles. The molecule has 4 rings (SSSR count). The van der Waals surface area contributed by atoms with Gasteiger partial charge in [-0.05, 0) is 36.5 Å². The van der Waals surface area contributed by atoms with Crippen LogP contribution in [0.3, 0.4) is 0 Å². The normalized spacial score (nSPS) is 14.5. The van der Waals surface area contributed by atoms with Crippen LogP contribution < -0.4 is 10.6 Å². The SMILES string of the molecule is Nc1c(N=Nc2ccccc2)c(N2CCOCC2)nc(=S)n1-c1ccccc1. The molecule has 0 atom stereocenters. The van der Waals surface area contributed by atoms with Crippen molar-refractivity contribution in [2.75, 3.05) is 36.9 Å². The van der Waals surface area contributed by atoms with Gasteiger partial charge >= 0.3 is 0 Å². The summed E-state index contributed by atoms with van der Waals surface area (Å²) >= 11 is 5.56. The number of rotatable bonds is 4. The van der Waals surface area contributed by atoms with Crippen molar-refractivity contribution in [1.29, 1.82) is 0 Å². The maximum atomic E-state index is 6.53. The fourth-order valence-electron chi connectivity index (χ4n) is 3.04. The minimum Gasteiger partial charge on any atom is -0.383 e. The second-order valence-corrected chi connectivity index (χ2v) is 6.62. The third-order valence-electron chi connectivity index (χ3n) is 4.43. The third kappa shape index (κ3) is 3.78. The molecule has 1 fully saturated rings. The Hall–Kier alpha value is -3.10. The van der Waals surface area contributed by atoms with E-state index in [0.29, 0.717) is 48.4 Å². The van der Waals surface area contributed by atoms with Crippen LogP contribution in [0.2, 0.25) is 0 Å². The van der Waals surface area contributed by atoms with Crippen molar-refractivity contribution < 1.29 is 4.74 Å². The van der Waals surface area contributed by atoms with Gasteiger partial charge in [-0.15, -0.1) is 5.11 Å². The van der Waals surface area contributed by atoms with Crippen molar-refractivity contribution in [1.82, 2.24) is 9.55 Å². The Bertz CT molecular complexity index is 1030. The van der Waals surface area contributed by atoms with Crippen LogP contribution >= 0.6 is 12.2 Å². The van der Waals surface area contributed by atoms with Gasteiger partial charge in [-0.3, -0.25) is 4.57 Å².